The molecule has 4 nitrogen and oxygen atoms in total. The van der Waals surface area contributed by atoms with Crippen LogP contribution >= 0.6 is 0 Å². The van der Waals surface area contributed by atoms with Gasteiger partial charge in [-0.2, -0.15) is 0 Å². The third kappa shape index (κ3) is 2.62. The molecule has 2 rings (SSSR count). The number of aromatic nitrogens is 2. The standard InChI is InChI=1S/C15H20N2O2/c1-9(2)19-15(18)12(5)17-8-16-13-6-10(3)11(4)7-14(13)17/h6-9,12H,1-5H3/t12-/m1/s1. The van der Waals surface area contributed by atoms with Gasteiger partial charge in [-0.15, -0.1) is 0 Å². The normalized spacial score (nSPS) is 12.9. The number of fused-ring (bicyclic) bond motifs is 1. The van der Waals surface area contributed by atoms with Crippen LogP contribution in [0.15, 0.2) is 18.5 Å². The van der Waals surface area contributed by atoms with Crippen molar-refractivity contribution in [3.63, 3.8) is 0 Å². The van der Waals surface area contributed by atoms with E-state index in [4.69, 9.17) is 4.74 Å². The van der Waals surface area contributed by atoms with Gasteiger partial charge >= 0.3 is 5.97 Å². The van der Waals surface area contributed by atoms with Gasteiger partial charge < -0.3 is 9.30 Å². The minimum atomic E-state index is -0.366. The van der Waals surface area contributed by atoms with Gasteiger partial charge in [0.2, 0.25) is 0 Å². The van der Waals surface area contributed by atoms with Gasteiger partial charge in [-0.1, -0.05) is 0 Å². The molecule has 2 aromatic rings. The second-order valence-corrected chi connectivity index (χ2v) is 5.24. The molecule has 4 heteroatoms. The van der Waals surface area contributed by atoms with E-state index in [9.17, 15) is 4.79 Å². The van der Waals surface area contributed by atoms with Crippen molar-refractivity contribution < 1.29 is 9.53 Å². The van der Waals surface area contributed by atoms with E-state index in [-0.39, 0.29) is 18.1 Å². The summed E-state index contributed by atoms with van der Waals surface area (Å²) >= 11 is 0. The lowest BCUT2D eigenvalue weighted by Crippen LogP contribution is -2.21. The van der Waals surface area contributed by atoms with Crippen LogP contribution in [0.3, 0.4) is 0 Å². The third-order valence-corrected chi connectivity index (χ3v) is 3.30. The molecule has 1 aromatic carbocycles. The molecule has 0 saturated heterocycles. The van der Waals surface area contributed by atoms with Crippen LogP contribution in [0.25, 0.3) is 11.0 Å². The van der Waals surface area contributed by atoms with E-state index in [0.29, 0.717) is 0 Å². The Morgan fingerprint density at radius 1 is 1.21 bits per heavy atom. The molecular weight excluding hydrogens is 240 g/mol. The zero-order chi connectivity index (χ0) is 14.2. The van der Waals surface area contributed by atoms with Gasteiger partial charge in [-0.05, 0) is 57.9 Å². The Hall–Kier alpha value is -1.84. The molecule has 0 aliphatic rings. The number of carbonyl (C=O) groups is 1. The van der Waals surface area contributed by atoms with Crippen molar-refractivity contribution in [3.8, 4) is 0 Å². The summed E-state index contributed by atoms with van der Waals surface area (Å²) in [7, 11) is 0. The number of rotatable bonds is 3. The van der Waals surface area contributed by atoms with Crippen LogP contribution in [0, 0.1) is 13.8 Å². The summed E-state index contributed by atoms with van der Waals surface area (Å²) in [5, 5.41) is 0. The molecule has 0 radical (unpaired) electrons. The zero-order valence-corrected chi connectivity index (χ0v) is 12.1. The number of hydrogen-bond acceptors (Lipinski definition) is 3. The molecule has 0 fully saturated rings. The number of carbonyl (C=O) groups excluding carboxylic acids is 1. The molecule has 19 heavy (non-hydrogen) atoms. The Balaban J connectivity index is 2.40. The first kappa shape index (κ1) is 13.6. The second-order valence-electron chi connectivity index (χ2n) is 5.24. The number of esters is 1. The van der Waals surface area contributed by atoms with Crippen LogP contribution < -0.4 is 0 Å². The summed E-state index contributed by atoms with van der Waals surface area (Å²) in [4.78, 5) is 16.3. The molecule has 0 amide bonds. The molecule has 0 aliphatic carbocycles. The van der Waals surface area contributed by atoms with Gasteiger partial charge in [0.25, 0.3) is 0 Å². The maximum absolute atomic E-state index is 12.0. The molecule has 102 valence electrons. The van der Waals surface area contributed by atoms with Crippen molar-refractivity contribution in [2.45, 2.75) is 46.8 Å². The minimum absolute atomic E-state index is 0.103. The first-order valence-corrected chi connectivity index (χ1v) is 6.54. The average Bonchev–Trinajstić information content (AvgIpc) is 2.70. The number of nitrogens with zero attached hydrogens (tertiary/aromatic N) is 2. The van der Waals surface area contributed by atoms with E-state index in [1.54, 1.807) is 6.33 Å². The van der Waals surface area contributed by atoms with E-state index in [1.165, 1.54) is 11.1 Å². The molecule has 1 aromatic heterocycles. The van der Waals surface area contributed by atoms with Crippen molar-refractivity contribution in [2.75, 3.05) is 0 Å². The summed E-state index contributed by atoms with van der Waals surface area (Å²) in [6.07, 6.45) is 1.60. The smallest absolute Gasteiger partial charge is 0.329 e. The average molecular weight is 260 g/mol. The van der Waals surface area contributed by atoms with Crippen molar-refractivity contribution in [1.29, 1.82) is 0 Å². The summed E-state index contributed by atoms with van der Waals surface area (Å²) in [6, 6.07) is 3.74. The van der Waals surface area contributed by atoms with Gasteiger partial charge in [0.1, 0.15) is 6.04 Å². The topological polar surface area (TPSA) is 44.1 Å². The SMILES string of the molecule is Cc1cc2ncn([C@H](C)C(=O)OC(C)C)c2cc1C. The fourth-order valence-corrected chi connectivity index (χ4v) is 2.04. The van der Waals surface area contributed by atoms with E-state index < -0.39 is 0 Å². The number of benzene rings is 1. The Morgan fingerprint density at radius 2 is 1.84 bits per heavy atom. The van der Waals surface area contributed by atoms with E-state index in [2.05, 4.69) is 24.9 Å². The first-order valence-electron chi connectivity index (χ1n) is 6.54. The number of aryl methyl sites for hydroxylation is 2. The maximum Gasteiger partial charge on any atom is 0.329 e. The quantitative estimate of drug-likeness (QED) is 0.796. The van der Waals surface area contributed by atoms with Crippen molar-refractivity contribution in [3.05, 3.63) is 29.6 Å². The second kappa shape index (κ2) is 5.03. The highest BCUT2D eigenvalue weighted by Gasteiger charge is 2.19. The van der Waals surface area contributed by atoms with E-state index >= 15 is 0 Å². The highest BCUT2D eigenvalue weighted by Crippen LogP contribution is 2.22. The Labute approximate surface area is 113 Å². The molecule has 1 heterocycles. The predicted octanol–water partition coefficient (Wildman–Crippen LogP) is 3.17. The Morgan fingerprint density at radius 3 is 2.47 bits per heavy atom. The van der Waals surface area contributed by atoms with Gasteiger partial charge in [-0.3, -0.25) is 0 Å². The van der Waals surface area contributed by atoms with Crippen LogP contribution in [0.5, 0.6) is 0 Å². The van der Waals surface area contributed by atoms with Crippen LogP contribution in [0.4, 0.5) is 0 Å². The highest BCUT2D eigenvalue weighted by atomic mass is 16.5. The lowest BCUT2D eigenvalue weighted by molar-refractivity contribution is -0.150. The van der Waals surface area contributed by atoms with Gasteiger partial charge in [0, 0.05) is 0 Å². The predicted molar refractivity (Wildman–Crippen MR) is 75.1 cm³/mol. The minimum Gasteiger partial charge on any atom is -0.461 e. The van der Waals surface area contributed by atoms with Gasteiger partial charge in [-0.25, -0.2) is 9.78 Å². The summed E-state index contributed by atoms with van der Waals surface area (Å²) in [5.74, 6) is -0.229. The molecular formula is C15H20N2O2. The largest absolute Gasteiger partial charge is 0.461 e. The van der Waals surface area contributed by atoms with Crippen LogP contribution in [-0.2, 0) is 9.53 Å². The van der Waals surface area contributed by atoms with Crippen LogP contribution in [0.2, 0.25) is 0 Å². The summed E-state index contributed by atoms with van der Waals surface area (Å²) in [5.41, 5.74) is 4.28. The summed E-state index contributed by atoms with van der Waals surface area (Å²) < 4.78 is 7.12. The summed E-state index contributed by atoms with van der Waals surface area (Å²) in [6.45, 7) is 9.66. The Kier molecular flexibility index (Phi) is 3.60. The lowest BCUT2D eigenvalue weighted by atomic mass is 10.1. The van der Waals surface area contributed by atoms with Crippen LogP contribution in [0.1, 0.15) is 37.9 Å². The molecule has 0 aliphatic heterocycles. The van der Waals surface area contributed by atoms with E-state index in [0.717, 1.165) is 11.0 Å². The molecule has 0 unspecified atom stereocenters. The zero-order valence-electron chi connectivity index (χ0n) is 12.1. The van der Waals surface area contributed by atoms with Crippen molar-refractivity contribution in [2.24, 2.45) is 0 Å². The number of hydrogen-bond donors (Lipinski definition) is 0. The maximum atomic E-state index is 12.0. The fourth-order valence-electron chi connectivity index (χ4n) is 2.04. The monoisotopic (exact) mass is 260 g/mol. The molecule has 0 saturated carbocycles. The lowest BCUT2D eigenvalue weighted by Gasteiger charge is -2.16. The molecule has 0 bridgehead atoms. The molecule has 0 spiro atoms. The molecule has 1 atom stereocenters. The van der Waals surface area contributed by atoms with Gasteiger partial charge in [0.05, 0.1) is 23.5 Å². The third-order valence-electron chi connectivity index (χ3n) is 3.30. The highest BCUT2D eigenvalue weighted by molar-refractivity contribution is 5.81. The van der Waals surface area contributed by atoms with Crippen LogP contribution in [-0.4, -0.2) is 21.6 Å². The van der Waals surface area contributed by atoms with Crippen molar-refractivity contribution >= 4 is 17.0 Å². The number of ether oxygens (including phenoxy) is 1. The molecule has 0 N–H and O–H groups in total. The Bertz CT molecular complexity index is 614. The fraction of sp³-hybridized carbons (Fsp3) is 0.467. The van der Waals surface area contributed by atoms with E-state index in [1.807, 2.05) is 31.4 Å². The van der Waals surface area contributed by atoms with Gasteiger partial charge in [0.15, 0.2) is 0 Å². The van der Waals surface area contributed by atoms with Crippen molar-refractivity contribution in [1.82, 2.24) is 9.55 Å². The number of imidazole rings is 1. The first-order chi connectivity index (χ1) is 8.90.